The zero-order valence-corrected chi connectivity index (χ0v) is 14.2. The Bertz CT molecular complexity index is 916. The van der Waals surface area contributed by atoms with Gasteiger partial charge in [0.15, 0.2) is 0 Å². The smallest absolute Gasteiger partial charge is 0.200 e. The van der Waals surface area contributed by atoms with E-state index in [4.69, 9.17) is 0 Å². The van der Waals surface area contributed by atoms with Crippen molar-refractivity contribution in [3.63, 3.8) is 0 Å². The first-order chi connectivity index (χ1) is 11.5. The summed E-state index contributed by atoms with van der Waals surface area (Å²) in [6.45, 7) is 1.90. The van der Waals surface area contributed by atoms with Gasteiger partial charge in [0, 0.05) is 17.0 Å². The average molecular weight is 338 g/mol. The Kier molecular flexibility index (Phi) is 4.68. The van der Waals surface area contributed by atoms with Crippen molar-refractivity contribution in [1.82, 2.24) is 4.83 Å². The van der Waals surface area contributed by atoms with Crippen LogP contribution in [0, 0.1) is 24.7 Å². The first-order valence-corrected chi connectivity index (χ1v) is 9.25. The zero-order chi connectivity index (χ0) is 17.0. The summed E-state index contributed by atoms with van der Waals surface area (Å²) in [7, 11) is -3.66. The largest absolute Gasteiger partial charge is 0.276 e. The Morgan fingerprint density at radius 3 is 2.54 bits per heavy atom. The predicted octanol–water partition coefficient (Wildman–Crippen LogP) is 3.07. The van der Waals surface area contributed by atoms with Crippen LogP contribution in [0.2, 0.25) is 0 Å². The summed E-state index contributed by atoms with van der Waals surface area (Å²) in [5.41, 5.74) is 2.64. The molecule has 0 atom stereocenters. The number of hydrogen-bond donors (Lipinski definition) is 1. The van der Waals surface area contributed by atoms with E-state index in [0.29, 0.717) is 5.92 Å². The van der Waals surface area contributed by atoms with Gasteiger partial charge in [0.05, 0.1) is 11.1 Å². The summed E-state index contributed by atoms with van der Waals surface area (Å²) in [6, 6.07) is 14.2. The maximum absolute atomic E-state index is 12.2. The van der Waals surface area contributed by atoms with Crippen LogP contribution in [0.15, 0.2) is 58.5 Å². The van der Waals surface area contributed by atoms with Crippen molar-refractivity contribution >= 4 is 16.2 Å². The Balaban J connectivity index is 1.74. The minimum atomic E-state index is -3.66. The summed E-state index contributed by atoms with van der Waals surface area (Å²) >= 11 is 0. The molecule has 2 aromatic rings. The van der Waals surface area contributed by atoms with E-state index in [9.17, 15) is 8.42 Å². The normalized spacial score (nSPS) is 14.2. The number of hydrazone groups is 1. The third-order valence-corrected chi connectivity index (χ3v) is 4.90. The van der Waals surface area contributed by atoms with Gasteiger partial charge in [-0.1, -0.05) is 47.7 Å². The topological polar surface area (TPSA) is 58.5 Å². The maximum atomic E-state index is 12.2. The van der Waals surface area contributed by atoms with Gasteiger partial charge >= 0.3 is 0 Å². The second-order valence-electron chi connectivity index (χ2n) is 5.80. The molecule has 0 spiro atoms. The van der Waals surface area contributed by atoms with E-state index in [-0.39, 0.29) is 4.90 Å². The highest BCUT2D eigenvalue weighted by Gasteiger charge is 2.17. The molecule has 0 amide bonds. The number of nitrogens with one attached hydrogen (secondary N) is 1. The second-order valence-corrected chi connectivity index (χ2v) is 7.46. The van der Waals surface area contributed by atoms with Crippen LogP contribution in [0.1, 0.15) is 29.5 Å². The molecule has 1 fully saturated rings. The lowest BCUT2D eigenvalue weighted by Gasteiger charge is -2.04. The van der Waals surface area contributed by atoms with E-state index in [2.05, 4.69) is 21.8 Å². The van der Waals surface area contributed by atoms with Crippen LogP contribution in [-0.4, -0.2) is 14.6 Å². The third-order valence-electron chi connectivity index (χ3n) is 3.66. The summed E-state index contributed by atoms with van der Waals surface area (Å²) in [4.78, 5) is 2.43. The Morgan fingerprint density at radius 2 is 1.83 bits per heavy atom. The van der Waals surface area contributed by atoms with Crippen molar-refractivity contribution in [1.29, 1.82) is 0 Å². The fraction of sp³-hybridized carbons (Fsp3) is 0.211. The molecule has 3 rings (SSSR count). The molecule has 2 aromatic carbocycles. The van der Waals surface area contributed by atoms with E-state index in [1.807, 2.05) is 31.2 Å². The number of sulfonamides is 1. The predicted molar refractivity (Wildman–Crippen MR) is 95.1 cm³/mol. The van der Waals surface area contributed by atoms with Gasteiger partial charge in [-0.05, 0) is 38.0 Å². The van der Waals surface area contributed by atoms with E-state index >= 15 is 0 Å². The molecule has 0 heterocycles. The monoisotopic (exact) mass is 338 g/mol. The molecule has 0 aromatic heterocycles. The van der Waals surface area contributed by atoms with Crippen molar-refractivity contribution in [2.75, 3.05) is 0 Å². The van der Waals surface area contributed by atoms with Gasteiger partial charge in [0.2, 0.25) is 0 Å². The number of nitrogens with zero attached hydrogens (tertiary/aromatic N) is 1. The minimum Gasteiger partial charge on any atom is -0.200 e. The van der Waals surface area contributed by atoms with Crippen LogP contribution in [0.5, 0.6) is 0 Å². The lowest BCUT2D eigenvalue weighted by atomic mass is 10.1. The highest BCUT2D eigenvalue weighted by atomic mass is 32.2. The molecule has 1 N–H and O–H groups in total. The van der Waals surface area contributed by atoms with Crippen molar-refractivity contribution in [3.8, 4) is 11.8 Å². The summed E-state index contributed by atoms with van der Waals surface area (Å²) < 4.78 is 24.4. The standard InChI is InChI=1S/C19H18N2O2S/c1-15-6-12-19(13-7-15)24(22,23)21-20-14-18-5-3-2-4-17(18)11-10-16-8-9-16/h2-7,12-14,16,21H,8-9H2,1H3/b20-14+. The lowest BCUT2D eigenvalue weighted by Crippen LogP contribution is -2.18. The van der Waals surface area contributed by atoms with Gasteiger partial charge in [-0.3, -0.25) is 0 Å². The molecule has 0 bridgehead atoms. The van der Waals surface area contributed by atoms with Gasteiger partial charge in [-0.25, -0.2) is 4.83 Å². The Labute approximate surface area is 142 Å². The molecule has 24 heavy (non-hydrogen) atoms. The molecule has 1 aliphatic rings. The van der Waals surface area contributed by atoms with Crippen molar-refractivity contribution in [3.05, 3.63) is 65.2 Å². The molecule has 0 saturated heterocycles. The first-order valence-electron chi connectivity index (χ1n) is 7.77. The quantitative estimate of drug-likeness (QED) is 0.529. The van der Waals surface area contributed by atoms with E-state index in [0.717, 1.165) is 16.7 Å². The number of rotatable bonds is 4. The molecular formula is C19H18N2O2S. The molecular weight excluding hydrogens is 320 g/mol. The Hall–Kier alpha value is -2.58. The summed E-state index contributed by atoms with van der Waals surface area (Å²) in [6.07, 6.45) is 3.82. The number of benzene rings is 2. The van der Waals surface area contributed by atoms with Gasteiger partial charge in [0.25, 0.3) is 10.0 Å². The first kappa shape index (κ1) is 16.3. The fourth-order valence-electron chi connectivity index (χ4n) is 2.07. The van der Waals surface area contributed by atoms with Gasteiger partial charge in [-0.2, -0.15) is 13.5 Å². The third kappa shape index (κ3) is 4.24. The van der Waals surface area contributed by atoms with E-state index in [1.165, 1.54) is 19.1 Å². The van der Waals surface area contributed by atoms with Crippen LogP contribution in [0.3, 0.4) is 0 Å². The molecule has 4 nitrogen and oxygen atoms in total. The summed E-state index contributed by atoms with van der Waals surface area (Å²) in [5, 5.41) is 3.88. The molecule has 1 aliphatic carbocycles. The Morgan fingerprint density at radius 1 is 1.12 bits per heavy atom. The highest BCUT2D eigenvalue weighted by molar-refractivity contribution is 7.89. The van der Waals surface area contributed by atoms with Crippen LogP contribution < -0.4 is 4.83 Å². The van der Waals surface area contributed by atoms with Gasteiger partial charge < -0.3 is 0 Å². The summed E-state index contributed by atoms with van der Waals surface area (Å²) in [5.74, 6) is 6.85. The molecule has 122 valence electrons. The average Bonchev–Trinajstić information content (AvgIpc) is 3.38. The van der Waals surface area contributed by atoms with Crippen LogP contribution in [0.4, 0.5) is 0 Å². The highest BCUT2D eigenvalue weighted by Crippen LogP contribution is 2.27. The van der Waals surface area contributed by atoms with Crippen molar-refractivity contribution in [2.45, 2.75) is 24.7 Å². The molecule has 1 saturated carbocycles. The SMILES string of the molecule is Cc1ccc(S(=O)(=O)N/N=C/c2ccccc2C#CC2CC2)cc1. The van der Waals surface area contributed by atoms with Gasteiger partial charge in [0.1, 0.15) is 0 Å². The van der Waals surface area contributed by atoms with E-state index in [1.54, 1.807) is 24.3 Å². The number of aryl methyl sites for hydroxylation is 1. The molecule has 0 unspecified atom stereocenters. The van der Waals surface area contributed by atoms with Crippen LogP contribution in [-0.2, 0) is 10.0 Å². The lowest BCUT2D eigenvalue weighted by molar-refractivity contribution is 0.584. The molecule has 0 radical (unpaired) electrons. The van der Waals surface area contributed by atoms with E-state index < -0.39 is 10.0 Å². The zero-order valence-electron chi connectivity index (χ0n) is 13.4. The van der Waals surface area contributed by atoms with Crippen LogP contribution >= 0.6 is 0 Å². The second kappa shape index (κ2) is 6.90. The van der Waals surface area contributed by atoms with Crippen molar-refractivity contribution in [2.24, 2.45) is 11.0 Å². The van der Waals surface area contributed by atoms with Gasteiger partial charge in [-0.15, -0.1) is 0 Å². The number of hydrogen-bond acceptors (Lipinski definition) is 3. The maximum Gasteiger partial charge on any atom is 0.276 e. The molecule has 0 aliphatic heterocycles. The minimum absolute atomic E-state index is 0.187. The van der Waals surface area contributed by atoms with Crippen molar-refractivity contribution < 1.29 is 8.42 Å². The molecule has 5 heteroatoms. The fourth-order valence-corrected chi connectivity index (χ4v) is 2.86. The van der Waals surface area contributed by atoms with Crippen LogP contribution in [0.25, 0.3) is 0 Å².